The Balaban J connectivity index is 2.36. The molecule has 0 bridgehead atoms. The van der Waals surface area contributed by atoms with E-state index in [2.05, 4.69) is 30.2 Å². The molecule has 0 aliphatic heterocycles. The standard InChI is InChI=1S/C7H12N6O2/c1-2-15-5(14)3-9-6(8)12-7-10-4-11-13-7/h4H,2-3H2,1H3,(H4,8,9,10,11,12,13). The molecule has 8 nitrogen and oxygen atoms in total. The van der Waals surface area contributed by atoms with E-state index in [-0.39, 0.29) is 18.5 Å². The van der Waals surface area contributed by atoms with Gasteiger partial charge in [-0.2, -0.15) is 9.98 Å². The predicted octanol–water partition coefficient (Wildman–Crippen LogP) is -1.10. The molecule has 1 heterocycles. The zero-order valence-electron chi connectivity index (χ0n) is 8.23. The average Bonchev–Trinajstić information content (AvgIpc) is 2.68. The number of nitrogens with zero attached hydrogens (tertiary/aromatic N) is 3. The number of rotatable bonds is 4. The number of aromatic nitrogens is 3. The fourth-order valence-corrected chi connectivity index (χ4v) is 0.778. The van der Waals surface area contributed by atoms with Gasteiger partial charge in [-0.25, -0.2) is 0 Å². The number of H-pyrrole nitrogens is 1. The van der Waals surface area contributed by atoms with Gasteiger partial charge in [-0.05, 0) is 6.92 Å². The van der Waals surface area contributed by atoms with Crippen molar-refractivity contribution in [2.45, 2.75) is 6.92 Å². The molecule has 0 radical (unpaired) electrons. The number of nitrogens with one attached hydrogen (secondary N) is 2. The van der Waals surface area contributed by atoms with Crippen LogP contribution < -0.4 is 11.1 Å². The van der Waals surface area contributed by atoms with E-state index < -0.39 is 5.97 Å². The average molecular weight is 212 g/mol. The summed E-state index contributed by atoms with van der Waals surface area (Å²) in [5.74, 6) is -0.142. The van der Waals surface area contributed by atoms with Gasteiger partial charge in [0.25, 0.3) is 5.95 Å². The Morgan fingerprint density at radius 3 is 3.20 bits per heavy atom. The Labute approximate surface area is 85.9 Å². The quantitative estimate of drug-likeness (QED) is 0.331. The van der Waals surface area contributed by atoms with E-state index in [1.54, 1.807) is 6.92 Å². The summed E-state index contributed by atoms with van der Waals surface area (Å²) in [5, 5.41) is 8.70. The highest BCUT2D eigenvalue weighted by atomic mass is 16.5. The maximum absolute atomic E-state index is 10.9. The van der Waals surface area contributed by atoms with Crippen molar-refractivity contribution in [1.29, 1.82) is 0 Å². The van der Waals surface area contributed by atoms with Crippen molar-refractivity contribution in [3.05, 3.63) is 6.33 Å². The van der Waals surface area contributed by atoms with Crippen LogP contribution in [0.5, 0.6) is 0 Å². The van der Waals surface area contributed by atoms with E-state index in [1.807, 2.05) is 0 Å². The van der Waals surface area contributed by atoms with Crippen molar-refractivity contribution in [3.63, 3.8) is 0 Å². The number of guanidine groups is 1. The Morgan fingerprint density at radius 2 is 2.60 bits per heavy atom. The molecule has 0 amide bonds. The molecule has 0 saturated carbocycles. The summed E-state index contributed by atoms with van der Waals surface area (Å²) in [6.07, 6.45) is 1.37. The Kier molecular flexibility index (Phi) is 4.07. The molecule has 0 fully saturated rings. The number of hydrogen-bond donors (Lipinski definition) is 3. The first-order valence-corrected chi connectivity index (χ1v) is 4.31. The monoisotopic (exact) mass is 212 g/mol. The molecule has 0 spiro atoms. The maximum atomic E-state index is 10.9. The molecule has 0 saturated heterocycles. The molecule has 82 valence electrons. The number of carbonyl (C=O) groups is 1. The highest BCUT2D eigenvalue weighted by Crippen LogP contribution is 1.96. The second-order valence-electron chi connectivity index (χ2n) is 2.45. The summed E-state index contributed by atoms with van der Waals surface area (Å²) in [6, 6.07) is 0. The summed E-state index contributed by atoms with van der Waals surface area (Å²) in [5.41, 5.74) is 5.45. The smallest absolute Gasteiger partial charge is 0.325 e. The molecular weight excluding hydrogens is 200 g/mol. The first-order valence-electron chi connectivity index (χ1n) is 4.31. The van der Waals surface area contributed by atoms with Crippen LogP contribution >= 0.6 is 0 Å². The molecule has 1 rings (SSSR count). The molecule has 0 aromatic carbocycles. The van der Waals surface area contributed by atoms with Gasteiger partial charge in [0.1, 0.15) is 12.9 Å². The van der Waals surface area contributed by atoms with Gasteiger partial charge < -0.3 is 15.8 Å². The third kappa shape index (κ3) is 4.07. The van der Waals surface area contributed by atoms with Gasteiger partial charge in [0.05, 0.1) is 6.61 Å². The second-order valence-corrected chi connectivity index (χ2v) is 2.45. The lowest BCUT2D eigenvalue weighted by molar-refractivity contribution is -0.141. The lowest BCUT2D eigenvalue weighted by Gasteiger charge is -2.03. The predicted molar refractivity (Wildman–Crippen MR) is 52.3 cm³/mol. The number of aliphatic imine (C=N–C) groups is 1. The first-order chi connectivity index (χ1) is 7.22. The highest BCUT2D eigenvalue weighted by Gasteiger charge is 2.02. The maximum Gasteiger partial charge on any atom is 0.325 e. The Hall–Kier alpha value is -2.12. The van der Waals surface area contributed by atoms with Gasteiger partial charge in [-0.3, -0.25) is 9.89 Å². The lowest BCUT2D eigenvalue weighted by atomic mass is 10.6. The van der Waals surface area contributed by atoms with E-state index in [4.69, 9.17) is 5.73 Å². The normalized spacial score (nSPS) is 11.1. The molecule has 15 heavy (non-hydrogen) atoms. The molecule has 4 N–H and O–H groups in total. The Bertz CT molecular complexity index is 333. The third-order valence-corrected chi connectivity index (χ3v) is 1.34. The number of nitrogens with two attached hydrogens (primary N) is 1. The topological polar surface area (TPSA) is 118 Å². The number of ether oxygens (including phenoxy) is 1. The van der Waals surface area contributed by atoms with Gasteiger partial charge in [0, 0.05) is 0 Å². The van der Waals surface area contributed by atoms with Crippen LogP contribution in [0.15, 0.2) is 11.3 Å². The van der Waals surface area contributed by atoms with Crippen LogP contribution in [-0.4, -0.2) is 40.3 Å². The van der Waals surface area contributed by atoms with Crippen LogP contribution in [0.2, 0.25) is 0 Å². The van der Waals surface area contributed by atoms with Gasteiger partial charge in [-0.15, -0.1) is 5.10 Å². The minimum atomic E-state index is -0.398. The van der Waals surface area contributed by atoms with Crippen LogP contribution in [0.1, 0.15) is 6.92 Å². The van der Waals surface area contributed by atoms with Crippen LogP contribution in [0.4, 0.5) is 5.95 Å². The minimum absolute atomic E-state index is 0.0341. The van der Waals surface area contributed by atoms with Gasteiger partial charge >= 0.3 is 5.97 Å². The number of aromatic amines is 1. The van der Waals surface area contributed by atoms with Crippen molar-refractivity contribution in [2.75, 3.05) is 13.2 Å². The van der Waals surface area contributed by atoms with Gasteiger partial charge in [-0.1, -0.05) is 0 Å². The van der Waals surface area contributed by atoms with Crippen molar-refractivity contribution in [2.24, 2.45) is 10.7 Å². The zero-order valence-corrected chi connectivity index (χ0v) is 8.23. The van der Waals surface area contributed by atoms with E-state index in [9.17, 15) is 4.79 Å². The van der Waals surface area contributed by atoms with Crippen molar-refractivity contribution < 1.29 is 9.53 Å². The van der Waals surface area contributed by atoms with E-state index >= 15 is 0 Å². The molecular formula is C7H12N6O2. The van der Waals surface area contributed by atoms with Gasteiger partial charge in [0.15, 0.2) is 5.96 Å². The molecule has 0 atom stereocenters. The molecule has 0 unspecified atom stereocenters. The summed E-state index contributed by atoms with van der Waals surface area (Å²) in [6.45, 7) is 2.02. The zero-order chi connectivity index (χ0) is 11.1. The molecule has 1 aromatic heterocycles. The summed E-state index contributed by atoms with van der Waals surface area (Å²) in [4.78, 5) is 18.4. The van der Waals surface area contributed by atoms with E-state index in [0.717, 1.165) is 0 Å². The summed E-state index contributed by atoms with van der Waals surface area (Å²) >= 11 is 0. The van der Waals surface area contributed by atoms with Crippen LogP contribution in [0.3, 0.4) is 0 Å². The van der Waals surface area contributed by atoms with Gasteiger partial charge in [0.2, 0.25) is 0 Å². The minimum Gasteiger partial charge on any atom is -0.465 e. The number of hydrogen-bond acceptors (Lipinski definition) is 5. The number of carbonyl (C=O) groups excluding carboxylic acids is 1. The molecule has 0 aliphatic carbocycles. The Morgan fingerprint density at radius 1 is 1.80 bits per heavy atom. The fourth-order valence-electron chi connectivity index (χ4n) is 0.778. The third-order valence-electron chi connectivity index (χ3n) is 1.34. The van der Waals surface area contributed by atoms with Crippen molar-refractivity contribution in [1.82, 2.24) is 20.5 Å². The van der Waals surface area contributed by atoms with Crippen molar-refractivity contribution >= 4 is 17.9 Å². The van der Waals surface area contributed by atoms with E-state index in [0.29, 0.717) is 6.61 Å². The highest BCUT2D eigenvalue weighted by molar-refractivity contribution is 5.84. The number of esters is 1. The van der Waals surface area contributed by atoms with Crippen LogP contribution in [0.25, 0.3) is 0 Å². The molecule has 8 heteroatoms. The second kappa shape index (κ2) is 5.58. The summed E-state index contributed by atoms with van der Waals surface area (Å²) < 4.78 is 4.68. The van der Waals surface area contributed by atoms with Crippen LogP contribution in [0, 0.1) is 0 Å². The van der Waals surface area contributed by atoms with Crippen LogP contribution in [-0.2, 0) is 9.53 Å². The fraction of sp³-hybridized carbons (Fsp3) is 0.429. The molecule has 0 aliphatic rings. The van der Waals surface area contributed by atoms with Crippen molar-refractivity contribution in [3.8, 4) is 0 Å². The first kappa shape index (κ1) is 11.0. The lowest BCUT2D eigenvalue weighted by Crippen LogP contribution is -2.36. The SMILES string of the molecule is CCOC(=O)CNC(N)=Nc1nc[nH]n1. The van der Waals surface area contributed by atoms with E-state index in [1.165, 1.54) is 6.33 Å². The molecule has 1 aromatic rings. The largest absolute Gasteiger partial charge is 0.465 e. The summed E-state index contributed by atoms with van der Waals surface area (Å²) in [7, 11) is 0.